The Bertz CT molecular complexity index is 525. The lowest BCUT2D eigenvalue weighted by Crippen LogP contribution is -2.48. The van der Waals surface area contributed by atoms with Crippen LogP contribution in [0.3, 0.4) is 0 Å². The van der Waals surface area contributed by atoms with Crippen molar-refractivity contribution < 1.29 is 19.1 Å². The zero-order valence-corrected chi connectivity index (χ0v) is 13.1. The lowest BCUT2D eigenvalue weighted by Gasteiger charge is -2.34. The summed E-state index contributed by atoms with van der Waals surface area (Å²) in [5.74, 6) is 0.269. The van der Waals surface area contributed by atoms with E-state index in [1.54, 1.807) is 25.1 Å². The van der Waals surface area contributed by atoms with Crippen molar-refractivity contribution in [3.63, 3.8) is 0 Å². The summed E-state index contributed by atoms with van der Waals surface area (Å²) in [5.41, 5.74) is 0.436. The number of benzene rings is 1. The highest BCUT2D eigenvalue weighted by Crippen LogP contribution is 2.18. The first-order valence-corrected chi connectivity index (χ1v) is 7.40. The van der Waals surface area contributed by atoms with Crippen LogP contribution in [0.1, 0.15) is 17.3 Å². The molecule has 1 heterocycles. The molecule has 0 aliphatic carbocycles. The van der Waals surface area contributed by atoms with Gasteiger partial charge in [0.05, 0.1) is 7.11 Å². The molecule has 120 valence electrons. The van der Waals surface area contributed by atoms with Crippen molar-refractivity contribution in [2.24, 2.45) is 0 Å². The molecule has 1 aliphatic rings. The van der Waals surface area contributed by atoms with E-state index in [1.807, 2.05) is 11.0 Å². The molecule has 0 bridgehead atoms. The fourth-order valence-electron chi connectivity index (χ4n) is 2.44. The van der Waals surface area contributed by atoms with Crippen LogP contribution in [-0.4, -0.2) is 68.1 Å². The Morgan fingerprint density at radius 1 is 1.14 bits per heavy atom. The van der Waals surface area contributed by atoms with Crippen LogP contribution < -0.4 is 4.74 Å². The summed E-state index contributed by atoms with van der Waals surface area (Å²) >= 11 is 0. The molecule has 22 heavy (non-hydrogen) atoms. The van der Waals surface area contributed by atoms with Crippen LogP contribution in [0.15, 0.2) is 24.3 Å². The molecule has 1 aliphatic heterocycles. The highest BCUT2D eigenvalue weighted by molar-refractivity contribution is 5.92. The van der Waals surface area contributed by atoms with E-state index in [2.05, 4.69) is 4.90 Å². The second kappa shape index (κ2) is 7.79. The van der Waals surface area contributed by atoms with Crippen molar-refractivity contribution in [3.05, 3.63) is 29.8 Å². The fraction of sp³-hybridized carbons (Fsp3) is 0.500. The molecule has 0 spiro atoms. The first kappa shape index (κ1) is 16.3. The molecule has 1 amide bonds. The normalized spacial score (nSPS) is 15.5. The molecule has 0 unspecified atom stereocenters. The maximum atomic E-state index is 11.6. The van der Waals surface area contributed by atoms with Crippen molar-refractivity contribution in [1.82, 2.24) is 9.80 Å². The molecule has 0 saturated carbocycles. The molecule has 0 radical (unpaired) electrons. The van der Waals surface area contributed by atoms with Crippen molar-refractivity contribution in [2.75, 3.05) is 46.4 Å². The zero-order valence-electron chi connectivity index (χ0n) is 13.1. The SMILES string of the molecule is COC(=O)c1ccccc1OCCN1CCN(C(C)=O)CC1. The minimum Gasteiger partial charge on any atom is -0.491 e. The predicted molar refractivity (Wildman–Crippen MR) is 82.0 cm³/mol. The number of carbonyl (C=O) groups is 2. The molecule has 1 fully saturated rings. The molecule has 1 aromatic rings. The van der Waals surface area contributed by atoms with E-state index < -0.39 is 5.97 Å². The first-order valence-electron chi connectivity index (χ1n) is 7.40. The summed E-state index contributed by atoms with van der Waals surface area (Å²) in [7, 11) is 1.35. The van der Waals surface area contributed by atoms with Crippen LogP contribution in [0.5, 0.6) is 5.75 Å². The second-order valence-corrected chi connectivity index (χ2v) is 5.18. The number of esters is 1. The molecular formula is C16H22N2O4. The minimum atomic E-state index is -0.398. The van der Waals surface area contributed by atoms with Gasteiger partial charge in [-0.05, 0) is 12.1 Å². The molecule has 1 saturated heterocycles. The second-order valence-electron chi connectivity index (χ2n) is 5.18. The Labute approximate surface area is 130 Å². The standard InChI is InChI=1S/C16H22N2O4/c1-13(19)18-9-7-17(8-10-18)11-12-22-15-6-4-3-5-14(15)16(20)21-2/h3-6H,7-12H2,1-2H3. The summed E-state index contributed by atoms with van der Waals surface area (Å²) in [5, 5.41) is 0. The smallest absolute Gasteiger partial charge is 0.341 e. The number of para-hydroxylation sites is 1. The Morgan fingerprint density at radius 3 is 2.45 bits per heavy atom. The topological polar surface area (TPSA) is 59.1 Å². The average Bonchev–Trinajstić information content (AvgIpc) is 2.55. The number of ether oxygens (including phenoxy) is 2. The van der Waals surface area contributed by atoms with E-state index >= 15 is 0 Å². The van der Waals surface area contributed by atoms with Gasteiger partial charge in [0.2, 0.25) is 5.91 Å². The van der Waals surface area contributed by atoms with Gasteiger partial charge in [-0.1, -0.05) is 12.1 Å². The maximum absolute atomic E-state index is 11.6. The summed E-state index contributed by atoms with van der Waals surface area (Å²) < 4.78 is 10.5. The van der Waals surface area contributed by atoms with Crippen molar-refractivity contribution in [2.45, 2.75) is 6.92 Å². The van der Waals surface area contributed by atoms with Crippen molar-refractivity contribution >= 4 is 11.9 Å². The van der Waals surface area contributed by atoms with E-state index in [9.17, 15) is 9.59 Å². The van der Waals surface area contributed by atoms with Gasteiger partial charge in [-0.15, -0.1) is 0 Å². The van der Waals surface area contributed by atoms with Gasteiger partial charge >= 0.3 is 5.97 Å². The number of nitrogens with zero attached hydrogens (tertiary/aromatic N) is 2. The molecule has 0 aromatic heterocycles. The molecule has 6 nitrogen and oxygen atoms in total. The quantitative estimate of drug-likeness (QED) is 0.760. The third-order valence-electron chi connectivity index (χ3n) is 3.78. The number of methoxy groups -OCH3 is 1. The third kappa shape index (κ3) is 4.21. The number of amides is 1. The van der Waals surface area contributed by atoms with Gasteiger partial charge in [0.25, 0.3) is 0 Å². The largest absolute Gasteiger partial charge is 0.491 e. The zero-order chi connectivity index (χ0) is 15.9. The fourth-order valence-corrected chi connectivity index (χ4v) is 2.44. The summed E-state index contributed by atoms with van der Waals surface area (Å²) in [6.07, 6.45) is 0. The predicted octanol–water partition coefficient (Wildman–Crippen LogP) is 1.02. The van der Waals surface area contributed by atoms with Gasteiger partial charge in [-0.3, -0.25) is 9.69 Å². The summed E-state index contributed by atoms with van der Waals surface area (Å²) in [6, 6.07) is 7.06. The summed E-state index contributed by atoms with van der Waals surface area (Å²) in [6.45, 7) is 6.07. The monoisotopic (exact) mass is 306 g/mol. The van der Waals surface area contributed by atoms with Crippen LogP contribution in [0.2, 0.25) is 0 Å². The van der Waals surface area contributed by atoms with Gasteiger partial charge in [-0.2, -0.15) is 0 Å². The van der Waals surface area contributed by atoms with Crippen LogP contribution in [0, 0.1) is 0 Å². The lowest BCUT2D eigenvalue weighted by atomic mass is 10.2. The highest BCUT2D eigenvalue weighted by Gasteiger charge is 2.18. The highest BCUT2D eigenvalue weighted by atomic mass is 16.5. The molecule has 2 rings (SSSR count). The number of carbonyl (C=O) groups excluding carboxylic acids is 2. The summed E-state index contributed by atoms with van der Waals surface area (Å²) in [4.78, 5) is 27.0. The van der Waals surface area contributed by atoms with Gasteiger partial charge in [-0.25, -0.2) is 4.79 Å². The van der Waals surface area contributed by atoms with Gasteiger partial charge in [0.15, 0.2) is 0 Å². The van der Waals surface area contributed by atoms with Crippen molar-refractivity contribution in [3.8, 4) is 5.75 Å². The molecular weight excluding hydrogens is 284 g/mol. The molecule has 0 N–H and O–H groups in total. The van der Waals surface area contributed by atoms with Crippen LogP contribution in [0.25, 0.3) is 0 Å². The van der Waals surface area contributed by atoms with E-state index in [0.29, 0.717) is 17.9 Å². The first-order chi connectivity index (χ1) is 10.6. The van der Waals surface area contributed by atoms with Crippen LogP contribution >= 0.6 is 0 Å². The Morgan fingerprint density at radius 2 is 1.82 bits per heavy atom. The van der Waals surface area contributed by atoms with E-state index in [-0.39, 0.29) is 5.91 Å². The maximum Gasteiger partial charge on any atom is 0.341 e. The number of piperazine rings is 1. The Kier molecular flexibility index (Phi) is 5.77. The Hall–Kier alpha value is -2.08. The third-order valence-corrected chi connectivity index (χ3v) is 3.78. The van der Waals surface area contributed by atoms with E-state index in [1.165, 1.54) is 7.11 Å². The average molecular weight is 306 g/mol. The van der Waals surface area contributed by atoms with Gasteiger partial charge in [0, 0.05) is 39.6 Å². The number of hydrogen-bond acceptors (Lipinski definition) is 5. The molecule has 1 aromatic carbocycles. The van der Waals surface area contributed by atoms with E-state index in [4.69, 9.17) is 9.47 Å². The lowest BCUT2D eigenvalue weighted by molar-refractivity contribution is -0.130. The number of hydrogen-bond donors (Lipinski definition) is 0. The Balaban J connectivity index is 1.80. The van der Waals surface area contributed by atoms with E-state index in [0.717, 1.165) is 32.7 Å². The molecule has 6 heteroatoms. The molecule has 0 atom stereocenters. The van der Waals surface area contributed by atoms with Crippen LogP contribution in [0.4, 0.5) is 0 Å². The van der Waals surface area contributed by atoms with Gasteiger partial charge < -0.3 is 14.4 Å². The van der Waals surface area contributed by atoms with Crippen molar-refractivity contribution in [1.29, 1.82) is 0 Å². The van der Waals surface area contributed by atoms with Crippen LogP contribution in [-0.2, 0) is 9.53 Å². The minimum absolute atomic E-state index is 0.128. The van der Waals surface area contributed by atoms with Gasteiger partial charge in [0.1, 0.15) is 17.9 Å². The number of rotatable bonds is 5.